The van der Waals surface area contributed by atoms with Crippen molar-refractivity contribution in [1.82, 2.24) is 0 Å². The topological polar surface area (TPSA) is 52.6 Å². The first-order valence-electron chi connectivity index (χ1n) is 7.96. The molecule has 0 radical (unpaired) electrons. The number of ether oxygens (including phenoxy) is 2. The number of carbonyl (C=O) groups excluding carboxylic acids is 2. The Kier molecular flexibility index (Phi) is 5.74. The zero-order valence-electron chi connectivity index (χ0n) is 14.2. The second-order valence-electron chi connectivity index (χ2n) is 6.10. The van der Waals surface area contributed by atoms with Gasteiger partial charge >= 0.3 is 5.97 Å². The standard InChI is InChI=1S/C20H22O4/c1-4-20(2,3)24-18(21)14-23-17-12-8-11-16(13-17)19(22)15-9-6-5-7-10-15/h5-13H,4,14H2,1-3H3. The minimum atomic E-state index is -0.508. The van der Waals surface area contributed by atoms with E-state index in [2.05, 4.69) is 0 Å². The smallest absolute Gasteiger partial charge is 0.344 e. The van der Waals surface area contributed by atoms with Crippen LogP contribution in [0.25, 0.3) is 0 Å². The van der Waals surface area contributed by atoms with E-state index < -0.39 is 11.6 Å². The van der Waals surface area contributed by atoms with Gasteiger partial charge in [0.2, 0.25) is 0 Å². The SMILES string of the molecule is CCC(C)(C)OC(=O)COc1cccc(C(=O)c2ccccc2)c1. The number of hydrogen-bond acceptors (Lipinski definition) is 4. The van der Waals surface area contributed by atoms with Crippen LogP contribution in [0.3, 0.4) is 0 Å². The highest BCUT2D eigenvalue weighted by molar-refractivity contribution is 6.09. The summed E-state index contributed by atoms with van der Waals surface area (Å²) in [5, 5.41) is 0. The normalized spacial score (nSPS) is 11.0. The van der Waals surface area contributed by atoms with E-state index >= 15 is 0 Å². The fourth-order valence-corrected chi connectivity index (χ4v) is 2.04. The molecule has 0 aromatic heterocycles. The third-order valence-electron chi connectivity index (χ3n) is 3.73. The first-order chi connectivity index (χ1) is 11.4. The molecule has 126 valence electrons. The second kappa shape index (κ2) is 7.77. The highest BCUT2D eigenvalue weighted by atomic mass is 16.6. The molecule has 0 amide bonds. The van der Waals surface area contributed by atoms with Crippen molar-refractivity contribution in [2.75, 3.05) is 6.61 Å². The van der Waals surface area contributed by atoms with E-state index in [1.54, 1.807) is 36.4 Å². The van der Waals surface area contributed by atoms with Gasteiger partial charge < -0.3 is 9.47 Å². The fraction of sp³-hybridized carbons (Fsp3) is 0.300. The van der Waals surface area contributed by atoms with Gasteiger partial charge in [0, 0.05) is 11.1 Å². The van der Waals surface area contributed by atoms with Crippen LogP contribution >= 0.6 is 0 Å². The molecule has 0 unspecified atom stereocenters. The summed E-state index contributed by atoms with van der Waals surface area (Å²) in [6.45, 7) is 5.47. The summed E-state index contributed by atoms with van der Waals surface area (Å²) >= 11 is 0. The van der Waals surface area contributed by atoms with E-state index in [0.29, 0.717) is 16.9 Å². The minimum Gasteiger partial charge on any atom is -0.482 e. The minimum absolute atomic E-state index is 0.0873. The molecule has 0 bridgehead atoms. The Labute approximate surface area is 142 Å². The second-order valence-corrected chi connectivity index (χ2v) is 6.10. The number of carbonyl (C=O) groups is 2. The molecule has 2 rings (SSSR count). The van der Waals surface area contributed by atoms with Crippen molar-refractivity contribution in [3.05, 3.63) is 65.7 Å². The van der Waals surface area contributed by atoms with Gasteiger partial charge in [-0.15, -0.1) is 0 Å². The Bertz CT molecular complexity index is 705. The maximum Gasteiger partial charge on any atom is 0.344 e. The Hall–Kier alpha value is -2.62. The van der Waals surface area contributed by atoms with Crippen molar-refractivity contribution in [3.8, 4) is 5.75 Å². The molecule has 0 spiro atoms. The molecule has 0 aliphatic carbocycles. The lowest BCUT2D eigenvalue weighted by Gasteiger charge is -2.23. The van der Waals surface area contributed by atoms with E-state index in [4.69, 9.17) is 9.47 Å². The molecule has 4 heteroatoms. The van der Waals surface area contributed by atoms with Gasteiger partial charge in [-0.05, 0) is 32.4 Å². The van der Waals surface area contributed by atoms with Crippen molar-refractivity contribution < 1.29 is 19.1 Å². The molecule has 4 nitrogen and oxygen atoms in total. The Morgan fingerprint density at radius 1 is 0.958 bits per heavy atom. The van der Waals surface area contributed by atoms with Crippen LogP contribution in [-0.4, -0.2) is 24.0 Å². The summed E-state index contributed by atoms with van der Waals surface area (Å²) in [5.74, 6) is -0.0552. The molecule has 0 aliphatic rings. The highest BCUT2D eigenvalue weighted by Gasteiger charge is 2.20. The van der Waals surface area contributed by atoms with Crippen LogP contribution in [0.4, 0.5) is 0 Å². The number of benzene rings is 2. The first-order valence-corrected chi connectivity index (χ1v) is 7.96. The van der Waals surface area contributed by atoms with Crippen molar-refractivity contribution >= 4 is 11.8 Å². The summed E-state index contributed by atoms with van der Waals surface area (Å²) in [7, 11) is 0. The molecule has 0 saturated heterocycles. The van der Waals surface area contributed by atoms with Gasteiger partial charge in [-0.2, -0.15) is 0 Å². The van der Waals surface area contributed by atoms with Crippen molar-refractivity contribution in [1.29, 1.82) is 0 Å². The van der Waals surface area contributed by atoms with Crippen molar-refractivity contribution in [3.63, 3.8) is 0 Å². The molecule has 0 atom stereocenters. The van der Waals surface area contributed by atoms with Gasteiger partial charge in [0.25, 0.3) is 0 Å². The zero-order chi connectivity index (χ0) is 17.6. The van der Waals surface area contributed by atoms with Gasteiger partial charge in [-0.1, -0.05) is 49.4 Å². The molecule has 0 aliphatic heterocycles. The van der Waals surface area contributed by atoms with E-state index in [-0.39, 0.29) is 12.4 Å². The molecule has 0 N–H and O–H groups in total. The quantitative estimate of drug-likeness (QED) is 0.569. The summed E-state index contributed by atoms with van der Waals surface area (Å²) in [6, 6.07) is 15.8. The van der Waals surface area contributed by atoms with Gasteiger partial charge in [-0.3, -0.25) is 4.79 Å². The largest absolute Gasteiger partial charge is 0.482 e. The van der Waals surface area contributed by atoms with Crippen molar-refractivity contribution in [2.24, 2.45) is 0 Å². The van der Waals surface area contributed by atoms with Crippen LogP contribution in [0.15, 0.2) is 54.6 Å². The van der Waals surface area contributed by atoms with Gasteiger partial charge in [0.05, 0.1) is 0 Å². The van der Waals surface area contributed by atoms with Crippen LogP contribution in [-0.2, 0) is 9.53 Å². The molecule has 0 heterocycles. The fourth-order valence-electron chi connectivity index (χ4n) is 2.04. The number of hydrogen-bond donors (Lipinski definition) is 0. The molecule has 0 fully saturated rings. The molecule has 2 aromatic rings. The highest BCUT2D eigenvalue weighted by Crippen LogP contribution is 2.18. The van der Waals surface area contributed by atoms with Crippen LogP contribution in [0.5, 0.6) is 5.75 Å². The third-order valence-corrected chi connectivity index (χ3v) is 3.73. The molecule has 2 aromatic carbocycles. The maximum absolute atomic E-state index is 12.4. The summed E-state index contributed by atoms with van der Waals surface area (Å²) in [6.07, 6.45) is 0.722. The zero-order valence-corrected chi connectivity index (χ0v) is 14.2. The molecular weight excluding hydrogens is 304 g/mol. The van der Waals surface area contributed by atoms with Gasteiger partial charge in [0.1, 0.15) is 11.4 Å². The average Bonchev–Trinajstić information content (AvgIpc) is 2.60. The van der Waals surface area contributed by atoms with E-state index in [0.717, 1.165) is 6.42 Å². The van der Waals surface area contributed by atoms with Gasteiger partial charge in [-0.25, -0.2) is 4.79 Å². The average molecular weight is 326 g/mol. The predicted octanol–water partition coefficient (Wildman–Crippen LogP) is 4.03. The Balaban J connectivity index is 2.01. The molecular formula is C20H22O4. The molecule has 24 heavy (non-hydrogen) atoms. The number of ketones is 1. The summed E-state index contributed by atoms with van der Waals surface area (Å²) < 4.78 is 10.8. The van der Waals surface area contributed by atoms with Crippen LogP contribution in [0.2, 0.25) is 0 Å². The maximum atomic E-state index is 12.4. The predicted molar refractivity (Wildman–Crippen MR) is 92.3 cm³/mol. The lowest BCUT2D eigenvalue weighted by atomic mass is 10.0. The number of rotatable bonds is 7. The third kappa shape index (κ3) is 4.95. The summed E-state index contributed by atoms with van der Waals surface area (Å²) in [4.78, 5) is 24.2. The van der Waals surface area contributed by atoms with Crippen LogP contribution in [0, 0.1) is 0 Å². The monoisotopic (exact) mass is 326 g/mol. The van der Waals surface area contributed by atoms with E-state index in [9.17, 15) is 9.59 Å². The first kappa shape index (κ1) is 17.7. The lowest BCUT2D eigenvalue weighted by Crippen LogP contribution is -2.29. The molecule has 0 saturated carbocycles. The summed E-state index contributed by atoms with van der Waals surface area (Å²) in [5.41, 5.74) is 0.616. The Morgan fingerprint density at radius 3 is 2.29 bits per heavy atom. The van der Waals surface area contributed by atoms with E-state index in [1.165, 1.54) is 0 Å². The van der Waals surface area contributed by atoms with E-state index in [1.807, 2.05) is 39.0 Å². The van der Waals surface area contributed by atoms with Crippen molar-refractivity contribution in [2.45, 2.75) is 32.8 Å². The van der Waals surface area contributed by atoms with Gasteiger partial charge in [0.15, 0.2) is 12.4 Å². The number of esters is 1. The van der Waals surface area contributed by atoms with Crippen LogP contribution in [0.1, 0.15) is 43.1 Å². The van der Waals surface area contributed by atoms with Crippen LogP contribution < -0.4 is 4.74 Å². The Morgan fingerprint density at radius 2 is 1.62 bits per heavy atom. The lowest BCUT2D eigenvalue weighted by molar-refractivity contribution is -0.159.